The van der Waals surface area contributed by atoms with Crippen molar-refractivity contribution in [1.29, 1.82) is 0 Å². The second-order valence-electron chi connectivity index (χ2n) is 5.74. The van der Waals surface area contributed by atoms with Crippen LogP contribution < -0.4 is 0 Å². The summed E-state index contributed by atoms with van der Waals surface area (Å²) in [5.41, 5.74) is 0.875. The molecule has 0 radical (unpaired) electrons. The highest BCUT2D eigenvalue weighted by Gasteiger charge is 2.02. The summed E-state index contributed by atoms with van der Waals surface area (Å²) in [6.45, 7) is 2.86. The summed E-state index contributed by atoms with van der Waals surface area (Å²) in [6, 6.07) is 6.23. The smallest absolute Gasteiger partial charge is 0.269 e. The van der Waals surface area contributed by atoms with Gasteiger partial charge in [0.1, 0.15) is 6.61 Å². The topological polar surface area (TPSA) is 64.7 Å². The van der Waals surface area contributed by atoms with E-state index in [1.165, 1.54) is 63.5 Å². The lowest BCUT2D eigenvalue weighted by Crippen LogP contribution is -1.91. The molecule has 5 heteroatoms. The summed E-state index contributed by atoms with van der Waals surface area (Å²) in [5, 5.41) is 14.4. The summed E-state index contributed by atoms with van der Waals surface area (Å²) < 4.78 is 0. The molecular formula is C18H28N2O3. The first kappa shape index (κ1) is 19.1. The molecule has 0 aliphatic heterocycles. The van der Waals surface area contributed by atoms with Crippen LogP contribution in [0.5, 0.6) is 0 Å². The van der Waals surface area contributed by atoms with Gasteiger partial charge in [-0.3, -0.25) is 10.1 Å². The molecule has 1 rings (SSSR count). The summed E-state index contributed by atoms with van der Waals surface area (Å²) in [4.78, 5) is 15.3. The minimum absolute atomic E-state index is 0.0813. The molecular weight excluding hydrogens is 292 g/mol. The van der Waals surface area contributed by atoms with Gasteiger partial charge in [-0.1, -0.05) is 57.0 Å². The third-order valence-electron chi connectivity index (χ3n) is 3.72. The van der Waals surface area contributed by atoms with Crippen molar-refractivity contribution in [3.8, 4) is 0 Å². The molecule has 0 spiro atoms. The lowest BCUT2D eigenvalue weighted by Gasteiger charge is -2.01. The van der Waals surface area contributed by atoms with Crippen molar-refractivity contribution in [3.05, 3.63) is 39.9 Å². The zero-order chi connectivity index (χ0) is 16.8. The van der Waals surface area contributed by atoms with Crippen molar-refractivity contribution in [2.24, 2.45) is 5.16 Å². The zero-order valence-electron chi connectivity index (χ0n) is 14.1. The van der Waals surface area contributed by atoms with Crippen LogP contribution in [0, 0.1) is 10.1 Å². The fraction of sp³-hybridized carbons (Fsp3) is 0.611. The first-order valence-electron chi connectivity index (χ1n) is 8.64. The Labute approximate surface area is 138 Å². The molecule has 0 N–H and O–H groups in total. The van der Waals surface area contributed by atoms with Crippen LogP contribution in [0.4, 0.5) is 5.69 Å². The average molecular weight is 320 g/mol. The van der Waals surface area contributed by atoms with Gasteiger partial charge in [-0.25, -0.2) is 0 Å². The van der Waals surface area contributed by atoms with Crippen molar-refractivity contribution in [2.45, 2.75) is 64.7 Å². The number of nitro benzene ring substituents is 1. The number of hydrogen-bond donors (Lipinski definition) is 0. The highest BCUT2D eigenvalue weighted by molar-refractivity contribution is 5.79. The summed E-state index contributed by atoms with van der Waals surface area (Å²) in [6.07, 6.45) is 13.1. The molecule has 23 heavy (non-hydrogen) atoms. The van der Waals surface area contributed by atoms with Crippen molar-refractivity contribution in [2.75, 3.05) is 6.61 Å². The fourth-order valence-corrected chi connectivity index (χ4v) is 2.31. The van der Waals surface area contributed by atoms with Crippen LogP contribution in [0.2, 0.25) is 0 Å². The van der Waals surface area contributed by atoms with Crippen LogP contribution >= 0.6 is 0 Å². The van der Waals surface area contributed by atoms with E-state index >= 15 is 0 Å². The second kappa shape index (κ2) is 12.6. The van der Waals surface area contributed by atoms with E-state index in [0.717, 1.165) is 12.0 Å². The van der Waals surface area contributed by atoms with Gasteiger partial charge in [0.05, 0.1) is 11.1 Å². The maximum atomic E-state index is 10.5. The van der Waals surface area contributed by atoms with E-state index in [4.69, 9.17) is 4.84 Å². The highest BCUT2D eigenvalue weighted by atomic mass is 16.6. The fourth-order valence-electron chi connectivity index (χ4n) is 2.31. The molecule has 128 valence electrons. The molecule has 0 unspecified atom stereocenters. The van der Waals surface area contributed by atoms with Crippen LogP contribution in [0.25, 0.3) is 0 Å². The predicted octanol–water partition coefficient (Wildman–Crippen LogP) is 5.48. The Morgan fingerprint density at radius 3 is 2.13 bits per heavy atom. The number of rotatable bonds is 13. The van der Waals surface area contributed by atoms with Gasteiger partial charge >= 0.3 is 0 Å². The third kappa shape index (κ3) is 9.66. The van der Waals surface area contributed by atoms with E-state index in [0.29, 0.717) is 6.61 Å². The van der Waals surface area contributed by atoms with E-state index < -0.39 is 4.92 Å². The maximum absolute atomic E-state index is 10.5. The number of unbranched alkanes of at least 4 members (excludes halogenated alkanes) is 8. The molecule has 1 aromatic carbocycles. The molecule has 0 fully saturated rings. The highest BCUT2D eigenvalue weighted by Crippen LogP contribution is 2.11. The lowest BCUT2D eigenvalue weighted by atomic mass is 10.1. The van der Waals surface area contributed by atoms with Gasteiger partial charge in [0.2, 0.25) is 0 Å². The van der Waals surface area contributed by atoms with Crippen LogP contribution in [-0.2, 0) is 4.84 Å². The Kier molecular flexibility index (Phi) is 10.5. The summed E-state index contributed by atoms with van der Waals surface area (Å²) in [7, 11) is 0. The van der Waals surface area contributed by atoms with E-state index in [1.54, 1.807) is 18.3 Å². The minimum Gasteiger partial charge on any atom is -0.396 e. The Bertz CT molecular complexity index is 458. The maximum Gasteiger partial charge on any atom is 0.269 e. The Hall–Kier alpha value is -1.91. The molecule has 0 bridgehead atoms. The van der Waals surface area contributed by atoms with Crippen LogP contribution in [0.3, 0.4) is 0 Å². The van der Waals surface area contributed by atoms with Crippen molar-refractivity contribution < 1.29 is 9.76 Å². The van der Waals surface area contributed by atoms with Crippen molar-refractivity contribution >= 4 is 11.9 Å². The molecule has 0 aliphatic carbocycles. The molecule has 0 heterocycles. The molecule has 0 aliphatic rings. The Morgan fingerprint density at radius 1 is 1.00 bits per heavy atom. The van der Waals surface area contributed by atoms with E-state index in [-0.39, 0.29) is 5.69 Å². The molecule has 0 saturated heterocycles. The predicted molar refractivity (Wildman–Crippen MR) is 93.9 cm³/mol. The molecule has 0 atom stereocenters. The number of non-ortho nitro benzene ring substituents is 1. The zero-order valence-corrected chi connectivity index (χ0v) is 14.1. The molecule has 0 aromatic heterocycles. The van der Waals surface area contributed by atoms with Gasteiger partial charge in [-0.05, 0) is 30.5 Å². The minimum atomic E-state index is -0.415. The van der Waals surface area contributed by atoms with Gasteiger partial charge < -0.3 is 4.84 Å². The van der Waals surface area contributed by atoms with Crippen LogP contribution in [0.1, 0.15) is 70.3 Å². The monoisotopic (exact) mass is 320 g/mol. The van der Waals surface area contributed by atoms with E-state index in [1.807, 2.05) is 0 Å². The van der Waals surface area contributed by atoms with E-state index in [2.05, 4.69) is 12.1 Å². The summed E-state index contributed by atoms with van der Waals surface area (Å²) in [5.74, 6) is 0. The molecule has 0 saturated carbocycles. The lowest BCUT2D eigenvalue weighted by molar-refractivity contribution is -0.384. The first-order valence-corrected chi connectivity index (χ1v) is 8.64. The second-order valence-corrected chi connectivity index (χ2v) is 5.74. The standard InChI is InChI=1S/C18H28N2O3/c1-2-3-4-5-6-7-8-9-10-15-23-19-16-17-11-13-18(14-12-17)20(21)22/h11-14,16H,2-10,15H2,1H3/b19-16-. The number of nitrogens with zero attached hydrogens (tertiary/aromatic N) is 2. The van der Waals surface area contributed by atoms with Gasteiger partial charge in [-0.15, -0.1) is 0 Å². The molecule has 5 nitrogen and oxygen atoms in total. The first-order chi connectivity index (χ1) is 11.2. The Balaban J connectivity index is 1.99. The van der Waals surface area contributed by atoms with Gasteiger partial charge in [0.25, 0.3) is 5.69 Å². The SMILES string of the molecule is CCCCCCCCCCCO/N=C\c1ccc([N+](=O)[O-])cc1. The normalized spacial score (nSPS) is 11.0. The number of benzene rings is 1. The number of hydrogen-bond acceptors (Lipinski definition) is 4. The average Bonchev–Trinajstić information content (AvgIpc) is 2.56. The Morgan fingerprint density at radius 2 is 1.57 bits per heavy atom. The number of nitro groups is 1. The van der Waals surface area contributed by atoms with E-state index in [9.17, 15) is 10.1 Å². The third-order valence-corrected chi connectivity index (χ3v) is 3.72. The molecule has 0 amide bonds. The summed E-state index contributed by atoms with van der Waals surface area (Å²) >= 11 is 0. The van der Waals surface area contributed by atoms with Gasteiger partial charge in [-0.2, -0.15) is 0 Å². The number of oxime groups is 1. The van der Waals surface area contributed by atoms with Crippen molar-refractivity contribution in [3.63, 3.8) is 0 Å². The molecule has 1 aromatic rings. The largest absolute Gasteiger partial charge is 0.396 e. The van der Waals surface area contributed by atoms with Gasteiger partial charge in [0.15, 0.2) is 0 Å². The van der Waals surface area contributed by atoms with Crippen LogP contribution in [0.15, 0.2) is 29.4 Å². The van der Waals surface area contributed by atoms with Crippen molar-refractivity contribution in [1.82, 2.24) is 0 Å². The van der Waals surface area contributed by atoms with Gasteiger partial charge in [0, 0.05) is 12.1 Å². The van der Waals surface area contributed by atoms with Crippen LogP contribution in [-0.4, -0.2) is 17.7 Å². The quantitative estimate of drug-likeness (QED) is 0.209.